The summed E-state index contributed by atoms with van der Waals surface area (Å²) in [4.78, 5) is 37.3. The van der Waals surface area contributed by atoms with Crippen LogP contribution in [0.5, 0.6) is 11.5 Å². The van der Waals surface area contributed by atoms with Gasteiger partial charge in [0.25, 0.3) is 0 Å². The van der Waals surface area contributed by atoms with E-state index in [1.807, 2.05) is 26.0 Å². The predicted octanol–water partition coefficient (Wildman–Crippen LogP) is 9.15. The number of benzene rings is 3. The highest BCUT2D eigenvalue weighted by atomic mass is 19.1. The fourth-order valence-corrected chi connectivity index (χ4v) is 4.40. The molecular formula is C36H43FO6. The summed E-state index contributed by atoms with van der Waals surface area (Å²) in [5.74, 6) is -2.44. The number of hydrogen-bond acceptors (Lipinski definition) is 6. The van der Waals surface area contributed by atoms with Gasteiger partial charge in [-0.05, 0) is 72.9 Å². The summed E-state index contributed by atoms with van der Waals surface area (Å²) >= 11 is 0. The fourth-order valence-electron chi connectivity index (χ4n) is 4.40. The van der Waals surface area contributed by atoms with Gasteiger partial charge in [-0.15, -0.1) is 0 Å². The molecule has 0 radical (unpaired) electrons. The van der Waals surface area contributed by atoms with E-state index in [2.05, 4.69) is 6.92 Å². The third kappa shape index (κ3) is 11.3. The SMILES string of the molecule is CCCCCCCCCCc1ccc(C(=O)Oc2ccc(C(=O)Oc3ccc(C(=O)OC[C@@H](C)CC)c(F)c3)cc2)cc1. The van der Waals surface area contributed by atoms with Crippen LogP contribution in [0.4, 0.5) is 4.39 Å². The van der Waals surface area contributed by atoms with Crippen LogP contribution in [0.3, 0.4) is 0 Å². The fraction of sp³-hybridized carbons (Fsp3) is 0.417. The topological polar surface area (TPSA) is 78.9 Å². The summed E-state index contributed by atoms with van der Waals surface area (Å²) in [7, 11) is 0. The zero-order valence-electron chi connectivity index (χ0n) is 25.5. The number of aryl methyl sites for hydroxylation is 1. The van der Waals surface area contributed by atoms with Gasteiger partial charge in [-0.3, -0.25) is 0 Å². The quantitative estimate of drug-likeness (QED) is 0.0886. The zero-order valence-corrected chi connectivity index (χ0v) is 25.5. The Morgan fingerprint density at radius 2 is 1.21 bits per heavy atom. The molecule has 0 aromatic heterocycles. The number of carbonyl (C=O) groups excluding carboxylic acids is 3. The highest BCUT2D eigenvalue weighted by Gasteiger charge is 2.17. The molecule has 0 saturated heterocycles. The molecule has 7 heteroatoms. The summed E-state index contributed by atoms with van der Waals surface area (Å²) in [5.41, 5.74) is 1.59. The van der Waals surface area contributed by atoms with Crippen LogP contribution in [0.25, 0.3) is 0 Å². The number of carbonyl (C=O) groups is 3. The van der Waals surface area contributed by atoms with Gasteiger partial charge in [-0.25, -0.2) is 18.8 Å². The lowest BCUT2D eigenvalue weighted by Crippen LogP contribution is -2.13. The van der Waals surface area contributed by atoms with Crippen LogP contribution < -0.4 is 9.47 Å². The van der Waals surface area contributed by atoms with Crippen molar-refractivity contribution in [2.45, 2.75) is 85.0 Å². The molecule has 0 unspecified atom stereocenters. The molecule has 0 N–H and O–H groups in total. The molecule has 3 aromatic rings. The maximum atomic E-state index is 14.5. The van der Waals surface area contributed by atoms with Gasteiger partial charge in [0.2, 0.25) is 0 Å². The van der Waals surface area contributed by atoms with E-state index in [4.69, 9.17) is 14.2 Å². The van der Waals surface area contributed by atoms with Crippen molar-refractivity contribution < 1.29 is 33.0 Å². The maximum absolute atomic E-state index is 14.5. The minimum atomic E-state index is -0.845. The monoisotopic (exact) mass is 590 g/mol. The first kappa shape index (κ1) is 33.5. The first-order chi connectivity index (χ1) is 20.8. The number of ether oxygens (including phenoxy) is 3. The lowest BCUT2D eigenvalue weighted by molar-refractivity contribution is 0.0441. The summed E-state index contributed by atoms with van der Waals surface area (Å²) < 4.78 is 30.3. The Labute approximate surface area is 254 Å². The molecule has 6 nitrogen and oxygen atoms in total. The first-order valence-corrected chi connectivity index (χ1v) is 15.4. The van der Waals surface area contributed by atoms with E-state index >= 15 is 0 Å². The molecule has 230 valence electrons. The lowest BCUT2D eigenvalue weighted by Gasteiger charge is -2.11. The third-order valence-corrected chi connectivity index (χ3v) is 7.38. The van der Waals surface area contributed by atoms with Gasteiger partial charge in [0.05, 0.1) is 23.3 Å². The second-order valence-electron chi connectivity index (χ2n) is 11.0. The van der Waals surface area contributed by atoms with Crippen molar-refractivity contribution in [3.05, 3.63) is 94.8 Å². The average molecular weight is 591 g/mol. The van der Waals surface area contributed by atoms with Crippen molar-refractivity contribution in [1.29, 1.82) is 0 Å². The molecule has 0 fully saturated rings. The van der Waals surface area contributed by atoms with E-state index in [1.54, 1.807) is 12.1 Å². The summed E-state index contributed by atoms with van der Waals surface area (Å²) in [6.45, 7) is 6.33. The third-order valence-electron chi connectivity index (χ3n) is 7.38. The number of hydrogen-bond donors (Lipinski definition) is 0. The number of rotatable bonds is 17. The minimum Gasteiger partial charge on any atom is -0.462 e. The van der Waals surface area contributed by atoms with E-state index in [-0.39, 0.29) is 35.2 Å². The van der Waals surface area contributed by atoms with Crippen molar-refractivity contribution in [3.8, 4) is 11.5 Å². The van der Waals surface area contributed by atoms with Gasteiger partial charge in [0.1, 0.15) is 17.3 Å². The summed E-state index contributed by atoms with van der Waals surface area (Å²) in [6.07, 6.45) is 12.0. The second-order valence-corrected chi connectivity index (χ2v) is 11.0. The Hall–Kier alpha value is -4.00. The number of halogens is 1. The van der Waals surface area contributed by atoms with Gasteiger partial charge in [0, 0.05) is 6.07 Å². The van der Waals surface area contributed by atoms with Gasteiger partial charge in [-0.1, -0.05) is 84.3 Å². The molecule has 3 aromatic carbocycles. The van der Waals surface area contributed by atoms with E-state index in [1.165, 1.54) is 86.9 Å². The largest absolute Gasteiger partial charge is 0.462 e. The average Bonchev–Trinajstić information content (AvgIpc) is 3.01. The van der Waals surface area contributed by atoms with Gasteiger partial charge < -0.3 is 14.2 Å². The molecule has 0 heterocycles. The lowest BCUT2D eigenvalue weighted by atomic mass is 10.0. The van der Waals surface area contributed by atoms with Crippen LogP contribution in [-0.4, -0.2) is 24.5 Å². The molecular weight excluding hydrogens is 547 g/mol. The van der Waals surface area contributed by atoms with Crippen LogP contribution in [0, 0.1) is 11.7 Å². The molecule has 0 aliphatic heterocycles. The zero-order chi connectivity index (χ0) is 31.0. The Balaban J connectivity index is 1.45. The number of esters is 3. The standard InChI is InChI=1S/C36H43FO6/c1-4-6-7-8-9-10-11-12-13-27-14-16-28(17-15-27)34(38)42-30-20-18-29(19-21-30)35(39)43-31-22-23-32(33(37)24-31)36(40)41-25-26(3)5-2/h14-24,26H,4-13,25H2,1-3H3/t26-/m0/s1. The predicted molar refractivity (Wildman–Crippen MR) is 165 cm³/mol. The van der Waals surface area contributed by atoms with Crippen molar-refractivity contribution in [3.63, 3.8) is 0 Å². The Bertz CT molecular complexity index is 1320. The highest BCUT2D eigenvalue weighted by Crippen LogP contribution is 2.21. The minimum absolute atomic E-state index is 0.0534. The van der Waals surface area contributed by atoms with Crippen LogP contribution in [0.15, 0.2) is 66.7 Å². The molecule has 43 heavy (non-hydrogen) atoms. The van der Waals surface area contributed by atoms with Crippen LogP contribution in [-0.2, 0) is 11.2 Å². The Morgan fingerprint density at radius 3 is 1.79 bits per heavy atom. The molecule has 0 aliphatic carbocycles. The Kier molecular flexibility index (Phi) is 13.9. The second kappa shape index (κ2) is 17.8. The molecule has 1 atom stereocenters. The number of unbranched alkanes of at least 4 members (excludes halogenated alkanes) is 7. The molecule has 0 spiro atoms. The smallest absolute Gasteiger partial charge is 0.343 e. The van der Waals surface area contributed by atoms with E-state index in [0.29, 0.717) is 5.56 Å². The highest BCUT2D eigenvalue weighted by molar-refractivity contribution is 5.93. The molecule has 0 aliphatic rings. The molecule has 0 bridgehead atoms. The first-order valence-electron chi connectivity index (χ1n) is 15.4. The van der Waals surface area contributed by atoms with Gasteiger partial charge >= 0.3 is 17.9 Å². The van der Waals surface area contributed by atoms with Gasteiger partial charge in [-0.2, -0.15) is 0 Å². The van der Waals surface area contributed by atoms with Gasteiger partial charge in [0.15, 0.2) is 0 Å². The summed E-state index contributed by atoms with van der Waals surface area (Å²) in [5, 5.41) is 0. The van der Waals surface area contributed by atoms with E-state index in [9.17, 15) is 18.8 Å². The maximum Gasteiger partial charge on any atom is 0.343 e. The van der Waals surface area contributed by atoms with Crippen molar-refractivity contribution in [2.75, 3.05) is 6.61 Å². The van der Waals surface area contributed by atoms with Crippen molar-refractivity contribution in [2.24, 2.45) is 5.92 Å². The van der Waals surface area contributed by atoms with Crippen LogP contribution >= 0.6 is 0 Å². The van der Waals surface area contributed by atoms with Crippen LogP contribution in [0.2, 0.25) is 0 Å². The van der Waals surface area contributed by atoms with E-state index in [0.717, 1.165) is 25.3 Å². The summed E-state index contributed by atoms with van der Waals surface area (Å²) in [6, 6.07) is 16.9. The molecule has 3 rings (SSSR count). The normalized spacial score (nSPS) is 11.5. The molecule has 0 amide bonds. The van der Waals surface area contributed by atoms with Crippen molar-refractivity contribution >= 4 is 17.9 Å². The van der Waals surface area contributed by atoms with Crippen molar-refractivity contribution in [1.82, 2.24) is 0 Å². The molecule has 0 saturated carbocycles. The van der Waals surface area contributed by atoms with Crippen LogP contribution in [0.1, 0.15) is 115 Å². The Morgan fingerprint density at radius 1 is 0.674 bits per heavy atom. The van der Waals surface area contributed by atoms with E-state index < -0.39 is 23.7 Å².